The fourth-order valence-corrected chi connectivity index (χ4v) is 2.27. The normalized spacial score (nSPS) is 10.4. The zero-order valence-corrected chi connectivity index (χ0v) is 11.2. The Morgan fingerprint density at radius 2 is 1.78 bits per heavy atom. The van der Waals surface area contributed by atoms with Crippen molar-refractivity contribution in [3.8, 4) is 16.9 Å². The summed E-state index contributed by atoms with van der Waals surface area (Å²) in [5.41, 5.74) is 11.3. The van der Waals surface area contributed by atoms with Gasteiger partial charge in [-0.15, -0.1) is 0 Å². The number of nitrogens with two attached hydrogens (primary N) is 1. The highest BCUT2D eigenvalue weighted by atomic mass is 16.5. The number of aromatic nitrogens is 1. The maximum Gasteiger partial charge on any atom is 0.127 e. The summed E-state index contributed by atoms with van der Waals surface area (Å²) in [4.78, 5) is 4.18. The van der Waals surface area contributed by atoms with Crippen molar-refractivity contribution in [2.24, 2.45) is 0 Å². The van der Waals surface area contributed by atoms with Crippen molar-refractivity contribution in [2.75, 3.05) is 12.8 Å². The summed E-state index contributed by atoms with van der Waals surface area (Å²) >= 11 is 0. The quantitative estimate of drug-likeness (QED) is 0.879. The molecule has 0 saturated heterocycles. The number of hydrogen-bond acceptors (Lipinski definition) is 3. The molecule has 3 nitrogen and oxygen atoms in total. The largest absolute Gasteiger partial charge is 0.496 e. The molecule has 0 aliphatic heterocycles. The Labute approximate surface area is 108 Å². The lowest BCUT2D eigenvalue weighted by Gasteiger charge is -2.15. The third kappa shape index (κ3) is 2.16. The van der Waals surface area contributed by atoms with E-state index in [0.717, 1.165) is 22.4 Å². The molecule has 3 heteroatoms. The van der Waals surface area contributed by atoms with Gasteiger partial charge in [0.25, 0.3) is 0 Å². The van der Waals surface area contributed by atoms with Crippen LogP contribution in [-0.4, -0.2) is 12.1 Å². The topological polar surface area (TPSA) is 48.1 Å². The first-order valence-corrected chi connectivity index (χ1v) is 5.90. The maximum absolute atomic E-state index is 5.70. The molecule has 1 aromatic carbocycles. The highest BCUT2D eigenvalue weighted by molar-refractivity contribution is 5.77. The first-order chi connectivity index (χ1) is 8.52. The number of ether oxygens (including phenoxy) is 1. The molecule has 0 aliphatic rings. The van der Waals surface area contributed by atoms with E-state index in [9.17, 15) is 0 Å². The molecule has 0 atom stereocenters. The maximum atomic E-state index is 5.70. The number of aryl methyl sites for hydroxylation is 3. The number of nitrogen functional groups attached to an aromatic ring is 1. The lowest BCUT2D eigenvalue weighted by Crippen LogP contribution is -1.97. The van der Waals surface area contributed by atoms with Crippen molar-refractivity contribution < 1.29 is 4.74 Å². The summed E-state index contributed by atoms with van der Waals surface area (Å²) in [6.45, 7) is 6.18. The van der Waals surface area contributed by atoms with E-state index in [1.165, 1.54) is 11.1 Å². The molecule has 0 radical (unpaired) electrons. The van der Waals surface area contributed by atoms with Crippen molar-refractivity contribution in [1.29, 1.82) is 0 Å². The predicted octanol–water partition coefficient (Wildman–Crippen LogP) is 3.26. The lowest BCUT2D eigenvalue weighted by atomic mass is 9.95. The van der Waals surface area contributed by atoms with Crippen LogP contribution in [0.2, 0.25) is 0 Å². The van der Waals surface area contributed by atoms with Gasteiger partial charge in [0.05, 0.1) is 7.11 Å². The number of benzene rings is 1. The molecule has 2 N–H and O–H groups in total. The van der Waals surface area contributed by atoms with Gasteiger partial charge in [0, 0.05) is 17.3 Å². The van der Waals surface area contributed by atoms with Gasteiger partial charge in [-0.1, -0.05) is 6.07 Å². The minimum atomic E-state index is 0.542. The van der Waals surface area contributed by atoms with Crippen molar-refractivity contribution in [3.05, 3.63) is 41.1 Å². The van der Waals surface area contributed by atoms with Crippen LogP contribution in [0.15, 0.2) is 24.4 Å². The second kappa shape index (κ2) is 4.69. The smallest absolute Gasteiger partial charge is 0.127 e. The second-order valence-corrected chi connectivity index (χ2v) is 4.58. The number of anilines is 1. The predicted molar refractivity (Wildman–Crippen MR) is 74.8 cm³/mol. The van der Waals surface area contributed by atoms with E-state index < -0.39 is 0 Å². The monoisotopic (exact) mass is 242 g/mol. The first kappa shape index (κ1) is 12.4. The van der Waals surface area contributed by atoms with Crippen LogP contribution in [0.3, 0.4) is 0 Å². The fourth-order valence-electron chi connectivity index (χ4n) is 2.27. The molecule has 94 valence electrons. The van der Waals surface area contributed by atoms with Crippen LogP contribution >= 0.6 is 0 Å². The van der Waals surface area contributed by atoms with Crippen LogP contribution in [0.4, 0.5) is 5.82 Å². The third-order valence-electron chi connectivity index (χ3n) is 3.06. The lowest BCUT2D eigenvalue weighted by molar-refractivity contribution is 0.416. The molecule has 1 heterocycles. The Hall–Kier alpha value is -2.03. The van der Waals surface area contributed by atoms with Crippen LogP contribution in [0.5, 0.6) is 5.75 Å². The Morgan fingerprint density at radius 3 is 2.39 bits per heavy atom. The molecule has 0 saturated carbocycles. The summed E-state index contributed by atoms with van der Waals surface area (Å²) in [6.07, 6.45) is 1.81. The van der Waals surface area contributed by atoms with E-state index in [1.54, 1.807) is 7.11 Å². The standard InChI is InChI=1S/C15H18N2O/c1-9-5-11(3)15(13(6-9)18-4)12-8-17-14(16)7-10(12)2/h5-8H,1-4H3,(H2,16,17). The molecule has 0 bridgehead atoms. The van der Waals surface area contributed by atoms with E-state index in [4.69, 9.17) is 10.5 Å². The van der Waals surface area contributed by atoms with Crippen LogP contribution in [0, 0.1) is 20.8 Å². The first-order valence-electron chi connectivity index (χ1n) is 5.90. The average Bonchev–Trinajstić information content (AvgIpc) is 2.29. The number of rotatable bonds is 2. The minimum Gasteiger partial charge on any atom is -0.496 e. The van der Waals surface area contributed by atoms with E-state index in [-0.39, 0.29) is 0 Å². The Morgan fingerprint density at radius 1 is 1.06 bits per heavy atom. The van der Waals surface area contributed by atoms with Gasteiger partial charge >= 0.3 is 0 Å². The number of hydrogen-bond donors (Lipinski definition) is 1. The van der Waals surface area contributed by atoms with Crippen LogP contribution in [-0.2, 0) is 0 Å². The molecule has 18 heavy (non-hydrogen) atoms. The van der Waals surface area contributed by atoms with Gasteiger partial charge in [0.2, 0.25) is 0 Å². The SMILES string of the molecule is COc1cc(C)cc(C)c1-c1cnc(N)cc1C. The molecule has 0 amide bonds. The van der Waals surface area contributed by atoms with Gasteiger partial charge < -0.3 is 10.5 Å². The summed E-state index contributed by atoms with van der Waals surface area (Å²) < 4.78 is 5.49. The molecular formula is C15H18N2O. The van der Waals surface area contributed by atoms with Gasteiger partial charge in [-0.2, -0.15) is 0 Å². The van der Waals surface area contributed by atoms with Crippen molar-refractivity contribution in [1.82, 2.24) is 4.98 Å². The number of methoxy groups -OCH3 is 1. The minimum absolute atomic E-state index is 0.542. The van der Waals surface area contributed by atoms with E-state index in [0.29, 0.717) is 5.82 Å². The van der Waals surface area contributed by atoms with E-state index >= 15 is 0 Å². The third-order valence-corrected chi connectivity index (χ3v) is 3.06. The molecule has 0 aliphatic carbocycles. The highest BCUT2D eigenvalue weighted by Gasteiger charge is 2.12. The van der Waals surface area contributed by atoms with E-state index in [1.807, 2.05) is 25.3 Å². The fraction of sp³-hybridized carbons (Fsp3) is 0.267. The van der Waals surface area contributed by atoms with Gasteiger partial charge in [0.15, 0.2) is 0 Å². The van der Waals surface area contributed by atoms with Crippen molar-refractivity contribution in [3.63, 3.8) is 0 Å². The second-order valence-electron chi connectivity index (χ2n) is 4.58. The van der Waals surface area contributed by atoms with Crippen LogP contribution in [0.1, 0.15) is 16.7 Å². The average molecular weight is 242 g/mol. The molecular weight excluding hydrogens is 224 g/mol. The molecule has 0 unspecified atom stereocenters. The number of pyridine rings is 1. The summed E-state index contributed by atoms with van der Waals surface area (Å²) in [5.74, 6) is 1.42. The summed E-state index contributed by atoms with van der Waals surface area (Å²) in [7, 11) is 1.69. The number of nitrogens with zero attached hydrogens (tertiary/aromatic N) is 1. The van der Waals surface area contributed by atoms with Crippen LogP contribution in [0.25, 0.3) is 11.1 Å². The van der Waals surface area contributed by atoms with Crippen molar-refractivity contribution in [2.45, 2.75) is 20.8 Å². The van der Waals surface area contributed by atoms with Crippen molar-refractivity contribution >= 4 is 5.82 Å². The van der Waals surface area contributed by atoms with Crippen LogP contribution < -0.4 is 10.5 Å². The molecule has 0 spiro atoms. The summed E-state index contributed by atoms with van der Waals surface area (Å²) in [5, 5.41) is 0. The molecule has 2 rings (SSSR count). The zero-order valence-electron chi connectivity index (χ0n) is 11.2. The Bertz CT molecular complexity index is 591. The van der Waals surface area contributed by atoms with E-state index in [2.05, 4.69) is 24.9 Å². The highest BCUT2D eigenvalue weighted by Crippen LogP contribution is 2.36. The Kier molecular flexibility index (Phi) is 3.24. The zero-order chi connectivity index (χ0) is 13.3. The van der Waals surface area contributed by atoms with Gasteiger partial charge in [0.1, 0.15) is 11.6 Å². The molecule has 2 aromatic rings. The van der Waals surface area contributed by atoms with Gasteiger partial charge in [-0.05, 0) is 49.6 Å². The molecule has 0 fully saturated rings. The molecule has 1 aromatic heterocycles. The van der Waals surface area contributed by atoms with Gasteiger partial charge in [-0.3, -0.25) is 0 Å². The Balaban J connectivity index is 2.70. The van der Waals surface area contributed by atoms with Gasteiger partial charge in [-0.25, -0.2) is 4.98 Å². The summed E-state index contributed by atoms with van der Waals surface area (Å²) in [6, 6.07) is 6.07.